The van der Waals surface area contributed by atoms with Crippen LogP contribution in [-0.2, 0) is 11.2 Å². The molecule has 5 nitrogen and oxygen atoms in total. The monoisotopic (exact) mass is 275 g/mol. The van der Waals surface area contributed by atoms with Crippen molar-refractivity contribution in [2.75, 3.05) is 13.1 Å². The molecule has 1 aliphatic rings. The van der Waals surface area contributed by atoms with Crippen molar-refractivity contribution in [3.8, 4) is 0 Å². The number of piperidine rings is 1. The van der Waals surface area contributed by atoms with Crippen LogP contribution in [0.4, 0.5) is 0 Å². The molecule has 3 N–H and O–H groups in total. The second kappa shape index (κ2) is 6.93. The van der Waals surface area contributed by atoms with Gasteiger partial charge in [-0.25, -0.2) is 0 Å². The molecule has 0 atom stereocenters. The topological polar surface area (TPSA) is 78.9 Å². The van der Waals surface area contributed by atoms with Gasteiger partial charge in [-0.2, -0.15) is 0 Å². The summed E-state index contributed by atoms with van der Waals surface area (Å²) in [6.45, 7) is 1.52. The van der Waals surface area contributed by atoms with E-state index >= 15 is 0 Å². The first-order valence-corrected chi connectivity index (χ1v) is 6.97. The molecule has 0 bridgehead atoms. The van der Waals surface area contributed by atoms with Crippen LogP contribution in [-0.4, -0.2) is 34.9 Å². The van der Waals surface area contributed by atoms with Gasteiger partial charge in [-0.1, -0.05) is 35.5 Å². The van der Waals surface area contributed by atoms with Gasteiger partial charge in [-0.05, 0) is 30.7 Å². The molecule has 1 saturated heterocycles. The average molecular weight is 275 g/mol. The number of carbonyl (C=O) groups is 1. The Bertz CT molecular complexity index is 465. The number of benzene rings is 1. The number of carbonyl (C=O) groups excluding carboxylic acids is 1. The summed E-state index contributed by atoms with van der Waals surface area (Å²) < 4.78 is 0. The molecule has 1 aliphatic heterocycles. The number of nitrogens with two attached hydrogens (primary N) is 1. The van der Waals surface area contributed by atoms with Gasteiger partial charge in [0.25, 0.3) is 0 Å². The zero-order chi connectivity index (χ0) is 14.4. The molecule has 0 spiro atoms. The molecule has 0 radical (unpaired) electrons. The van der Waals surface area contributed by atoms with Crippen LogP contribution < -0.4 is 5.73 Å². The lowest BCUT2D eigenvalue weighted by Crippen LogP contribution is -2.40. The van der Waals surface area contributed by atoms with Gasteiger partial charge in [-0.15, -0.1) is 0 Å². The van der Waals surface area contributed by atoms with E-state index in [1.165, 1.54) is 5.56 Å². The normalized spacial score (nSPS) is 17.2. The van der Waals surface area contributed by atoms with Gasteiger partial charge in [0.2, 0.25) is 5.91 Å². The molecule has 1 aromatic rings. The molecular formula is C15H21N3O2. The third kappa shape index (κ3) is 3.98. The number of amides is 1. The molecule has 0 aromatic heterocycles. The minimum Gasteiger partial charge on any atom is -0.409 e. The minimum absolute atomic E-state index is 0.000147. The van der Waals surface area contributed by atoms with Crippen molar-refractivity contribution in [1.29, 1.82) is 0 Å². The first kappa shape index (κ1) is 14.4. The Hall–Kier alpha value is -2.04. The second-order valence-electron chi connectivity index (χ2n) is 5.28. The van der Waals surface area contributed by atoms with Crippen molar-refractivity contribution in [3.63, 3.8) is 0 Å². The smallest absolute Gasteiger partial charge is 0.230 e. The highest BCUT2D eigenvalue weighted by Gasteiger charge is 2.23. The van der Waals surface area contributed by atoms with Crippen molar-refractivity contribution in [2.45, 2.75) is 25.7 Å². The van der Waals surface area contributed by atoms with Crippen LogP contribution in [0.1, 0.15) is 24.8 Å². The predicted octanol–water partition coefficient (Wildman–Crippen LogP) is 1.60. The van der Waals surface area contributed by atoms with E-state index in [1.54, 1.807) is 4.90 Å². The third-order valence-corrected chi connectivity index (χ3v) is 3.80. The summed E-state index contributed by atoms with van der Waals surface area (Å²) in [7, 11) is 0. The first-order chi connectivity index (χ1) is 9.69. The van der Waals surface area contributed by atoms with E-state index in [-0.39, 0.29) is 18.2 Å². The van der Waals surface area contributed by atoms with E-state index < -0.39 is 0 Å². The van der Waals surface area contributed by atoms with Crippen molar-refractivity contribution in [3.05, 3.63) is 35.9 Å². The Morgan fingerprint density at radius 2 is 1.95 bits per heavy atom. The van der Waals surface area contributed by atoms with E-state index in [0.29, 0.717) is 5.92 Å². The first-order valence-electron chi connectivity index (χ1n) is 6.97. The number of hydrogen-bond donors (Lipinski definition) is 2. The molecule has 0 aliphatic carbocycles. The predicted molar refractivity (Wildman–Crippen MR) is 77.5 cm³/mol. The van der Waals surface area contributed by atoms with E-state index in [2.05, 4.69) is 29.4 Å². The fraction of sp³-hybridized carbons (Fsp3) is 0.467. The Kier molecular flexibility index (Phi) is 4.98. The lowest BCUT2D eigenvalue weighted by molar-refractivity contribution is -0.131. The summed E-state index contributed by atoms with van der Waals surface area (Å²) >= 11 is 0. The zero-order valence-electron chi connectivity index (χ0n) is 11.5. The van der Waals surface area contributed by atoms with Crippen LogP contribution in [0, 0.1) is 5.92 Å². The second-order valence-corrected chi connectivity index (χ2v) is 5.28. The molecule has 20 heavy (non-hydrogen) atoms. The molecular weight excluding hydrogens is 254 g/mol. The quantitative estimate of drug-likeness (QED) is 0.379. The molecule has 1 fully saturated rings. The zero-order valence-corrected chi connectivity index (χ0v) is 11.5. The van der Waals surface area contributed by atoms with Crippen LogP contribution in [0.3, 0.4) is 0 Å². The Morgan fingerprint density at radius 1 is 1.30 bits per heavy atom. The molecule has 108 valence electrons. The maximum absolute atomic E-state index is 11.9. The number of rotatable bonds is 4. The Morgan fingerprint density at radius 3 is 2.55 bits per heavy atom. The van der Waals surface area contributed by atoms with Gasteiger partial charge in [0.1, 0.15) is 5.84 Å². The van der Waals surface area contributed by atoms with Crippen LogP contribution >= 0.6 is 0 Å². The van der Waals surface area contributed by atoms with Crippen LogP contribution in [0.5, 0.6) is 0 Å². The largest absolute Gasteiger partial charge is 0.409 e. The van der Waals surface area contributed by atoms with E-state index in [0.717, 1.165) is 32.4 Å². The van der Waals surface area contributed by atoms with Gasteiger partial charge in [0, 0.05) is 13.1 Å². The average Bonchev–Trinajstić information content (AvgIpc) is 2.49. The molecule has 1 amide bonds. The van der Waals surface area contributed by atoms with Crippen LogP contribution in [0.25, 0.3) is 0 Å². The molecule has 5 heteroatoms. The molecule has 2 rings (SSSR count). The van der Waals surface area contributed by atoms with Gasteiger partial charge in [0.15, 0.2) is 0 Å². The minimum atomic E-state index is -0.0570. The molecule has 0 saturated carbocycles. The summed E-state index contributed by atoms with van der Waals surface area (Å²) in [6.07, 6.45) is 3.09. The highest BCUT2D eigenvalue weighted by atomic mass is 16.4. The Balaban J connectivity index is 1.79. The molecule has 1 heterocycles. The summed E-state index contributed by atoms with van der Waals surface area (Å²) in [6, 6.07) is 10.4. The SMILES string of the molecule is N/C(CC(=O)N1CCC(Cc2ccccc2)CC1)=N\O. The number of likely N-dealkylation sites (tertiary alicyclic amines) is 1. The molecule has 0 unspecified atom stereocenters. The summed E-state index contributed by atoms with van der Waals surface area (Å²) in [5.41, 5.74) is 6.72. The lowest BCUT2D eigenvalue weighted by Gasteiger charge is -2.32. The summed E-state index contributed by atoms with van der Waals surface area (Å²) in [4.78, 5) is 13.7. The van der Waals surface area contributed by atoms with Crippen molar-refractivity contribution < 1.29 is 10.0 Å². The maximum atomic E-state index is 11.9. The number of nitrogens with zero attached hydrogens (tertiary/aromatic N) is 2. The van der Waals surface area contributed by atoms with Crippen LogP contribution in [0.15, 0.2) is 35.5 Å². The highest BCUT2D eigenvalue weighted by molar-refractivity contribution is 5.98. The van der Waals surface area contributed by atoms with Crippen molar-refractivity contribution in [1.82, 2.24) is 4.90 Å². The maximum Gasteiger partial charge on any atom is 0.230 e. The summed E-state index contributed by atoms with van der Waals surface area (Å²) in [5.74, 6) is 0.546. The van der Waals surface area contributed by atoms with E-state index in [4.69, 9.17) is 10.9 Å². The van der Waals surface area contributed by atoms with Crippen LogP contribution in [0.2, 0.25) is 0 Å². The number of oxime groups is 1. The van der Waals surface area contributed by atoms with Crippen molar-refractivity contribution in [2.24, 2.45) is 16.8 Å². The lowest BCUT2D eigenvalue weighted by atomic mass is 9.90. The fourth-order valence-electron chi connectivity index (χ4n) is 2.64. The third-order valence-electron chi connectivity index (χ3n) is 3.80. The Labute approximate surface area is 119 Å². The highest BCUT2D eigenvalue weighted by Crippen LogP contribution is 2.21. The van der Waals surface area contributed by atoms with Gasteiger partial charge >= 0.3 is 0 Å². The fourth-order valence-corrected chi connectivity index (χ4v) is 2.64. The summed E-state index contributed by atoms with van der Waals surface area (Å²) in [5, 5.41) is 11.3. The van der Waals surface area contributed by atoms with Gasteiger partial charge < -0.3 is 15.8 Å². The van der Waals surface area contributed by atoms with E-state index in [1.807, 2.05) is 6.07 Å². The number of amidine groups is 1. The van der Waals surface area contributed by atoms with E-state index in [9.17, 15) is 4.79 Å². The molecule has 1 aromatic carbocycles. The van der Waals surface area contributed by atoms with Gasteiger partial charge in [0.05, 0.1) is 6.42 Å². The van der Waals surface area contributed by atoms with Crippen molar-refractivity contribution >= 4 is 11.7 Å². The number of hydrogen-bond acceptors (Lipinski definition) is 3. The van der Waals surface area contributed by atoms with Gasteiger partial charge in [-0.3, -0.25) is 4.79 Å². The standard InChI is InChI=1S/C15H21N3O2/c16-14(17-20)11-15(19)18-8-6-13(7-9-18)10-12-4-2-1-3-5-12/h1-5,13,20H,6-11H2,(H2,16,17).